The van der Waals surface area contributed by atoms with Crippen LogP contribution < -0.4 is 19.6 Å². The normalized spacial score (nSPS) is 11.9. The second-order valence-electron chi connectivity index (χ2n) is 8.05. The number of carbonyl (C=O) groups is 2. The number of hydrogen-bond acceptors (Lipinski definition) is 6. The maximum Gasteiger partial charge on any atom is 0.336 e. The number of amides is 1. The summed E-state index contributed by atoms with van der Waals surface area (Å²) in [6, 6.07) is 27.9. The number of benzene rings is 4. The maximum absolute atomic E-state index is 12.5. The van der Waals surface area contributed by atoms with Crippen molar-refractivity contribution in [2.75, 3.05) is 7.11 Å². The van der Waals surface area contributed by atoms with Crippen molar-refractivity contribution in [1.82, 2.24) is 5.43 Å². The molecule has 4 aromatic rings. The van der Waals surface area contributed by atoms with Gasteiger partial charge in [-0.3, -0.25) is 4.79 Å². The van der Waals surface area contributed by atoms with Crippen molar-refractivity contribution in [3.05, 3.63) is 108 Å². The molecule has 0 unspecified atom stereocenters. The lowest BCUT2D eigenvalue weighted by molar-refractivity contribution is -0.129. The molecule has 0 bridgehead atoms. The van der Waals surface area contributed by atoms with Crippen LogP contribution in [0, 0.1) is 0 Å². The molecular formula is C30H26N2O5. The molecule has 0 aliphatic rings. The van der Waals surface area contributed by atoms with Gasteiger partial charge in [0, 0.05) is 11.5 Å². The van der Waals surface area contributed by atoms with Crippen LogP contribution in [0.15, 0.2) is 102 Å². The number of rotatable bonds is 9. The van der Waals surface area contributed by atoms with Crippen molar-refractivity contribution in [2.45, 2.75) is 13.0 Å². The average Bonchev–Trinajstić information content (AvgIpc) is 2.93. The molecule has 4 rings (SSSR count). The van der Waals surface area contributed by atoms with Crippen LogP contribution in [0.3, 0.4) is 0 Å². The van der Waals surface area contributed by atoms with E-state index in [0.29, 0.717) is 17.1 Å². The smallest absolute Gasteiger partial charge is 0.336 e. The van der Waals surface area contributed by atoms with Gasteiger partial charge in [-0.15, -0.1) is 0 Å². The van der Waals surface area contributed by atoms with E-state index in [9.17, 15) is 9.59 Å². The number of carbonyl (C=O) groups excluding carboxylic acids is 2. The Hall–Kier alpha value is -4.91. The lowest BCUT2D eigenvalue weighted by atomic mass is 10.1. The molecule has 4 aromatic carbocycles. The fourth-order valence-corrected chi connectivity index (χ4v) is 3.52. The lowest BCUT2D eigenvalue weighted by Gasteiger charge is -2.14. The van der Waals surface area contributed by atoms with E-state index in [4.69, 9.17) is 14.2 Å². The van der Waals surface area contributed by atoms with E-state index in [0.717, 1.165) is 16.3 Å². The van der Waals surface area contributed by atoms with E-state index >= 15 is 0 Å². The number of nitrogens with one attached hydrogen (secondary N) is 1. The first-order valence-corrected chi connectivity index (χ1v) is 11.6. The average molecular weight is 495 g/mol. The predicted molar refractivity (Wildman–Crippen MR) is 144 cm³/mol. The highest BCUT2D eigenvalue weighted by molar-refractivity contribution is 5.90. The van der Waals surface area contributed by atoms with Gasteiger partial charge in [0.25, 0.3) is 5.91 Å². The number of esters is 1. The molecule has 0 spiro atoms. The van der Waals surface area contributed by atoms with E-state index < -0.39 is 18.0 Å². The molecule has 37 heavy (non-hydrogen) atoms. The molecule has 0 heterocycles. The number of ether oxygens (including phenoxy) is 3. The predicted octanol–water partition coefficient (Wildman–Crippen LogP) is 5.38. The Morgan fingerprint density at radius 1 is 0.838 bits per heavy atom. The Morgan fingerprint density at radius 3 is 2.41 bits per heavy atom. The maximum atomic E-state index is 12.5. The van der Waals surface area contributed by atoms with E-state index in [1.165, 1.54) is 19.4 Å². The van der Waals surface area contributed by atoms with Gasteiger partial charge in [0.05, 0.1) is 13.3 Å². The molecule has 0 aromatic heterocycles. The summed E-state index contributed by atoms with van der Waals surface area (Å²) in [6.45, 7) is 1.66. The van der Waals surface area contributed by atoms with Gasteiger partial charge in [0.15, 0.2) is 17.6 Å². The van der Waals surface area contributed by atoms with E-state index in [1.54, 1.807) is 31.2 Å². The first kappa shape index (κ1) is 25.2. The first-order valence-electron chi connectivity index (χ1n) is 11.6. The lowest BCUT2D eigenvalue weighted by Crippen LogP contribution is -2.33. The van der Waals surface area contributed by atoms with Crippen LogP contribution in [0.25, 0.3) is 16.8 Å². The molecule has 7 nitrogen and oxygen atoms in total. The Morgan fingerprint density at radius 2 is 1.59 bits per heavy atom. The van der Waals surface area contributed by atoms with Crippen molar-refractivity contribution in [1.29, 1.82) is 0 Å². The van der Waals surface area contributed by atoms with Crippen LogP contribution in [0.5, 0.6) is 17.2 Å². The fourth-order valence-electron chi connectivity index (χ4n) is 3.52. The fraction of sp³-hybridized carbons (Fsp3) is 0.100. The van der Waals surface area contributed by atoms with Gasteiger partial charge < -0.3 is 14.2 Å². The van der Waals surface area contributed by atoms with Gasteiger partial charge in [-0.1, -0.05) is 66.7 Å². The molecule has 1 atom stereocenters. The zero-order valence-electron chi connectivity index (χ0n) is 20.5. The third-order valence-electron chi connectivity index (χ3n) is 5.42. The molecular weight excluding hydrogens is 468 g/mol. The molecule has 7 heteroatoms. The number of hydrazone groups is 1. The van der Waals surface area contributed by atoms with Crippen LogP contribution in [0.2, 0.25) is 0 Å². The minimum Gasteiger partial charge on any atom is -0.493 e. The van der Waals surface area contributed by atoms with Gasteiger partial charge in [-0.25, -0.2) is 10.2 Å². The van der Waals surface area contributed by atoms with Gasteiger partial charge in [-0.05, 0) is 53.8 Å². The molecule has 0 radical (unpaired) electrons. The summed E-state index contributed by atoms with van der Waals surface area (Å²) in [5, 5.41) is 5.97. The van der Waals surface area contributed by atoms with Gasteiger partial charge in [-0.2, -0.15) is 5.10 Å². The highest BCUT2D eigenvalue weighted by atomic mass is 16.6. The Kier molecular flexibility index (Phi) is 8.29. The number of hydrogen-bond donors (Lipinski definition) is 1. The molecule has 1 N–H and O–H groups in total. The summed E-state index contributed by atoms with van der Waals surface area (Å²) in [5.74, 6) is 0.314. The molecule has 0 saturated heterocycles. The van der Waals surface area contributed by atoms with Gasteiger partial charge in [0.1, 0.15) is 5.75 Å². The summed E-state index contributed by atoms with van der Waals surface area (Å²) in [6.07, 6.45) is 3.72. The summed E-state index contributed by atoms with van der Waals surface area (Å²) in [7, 11) is 1.47. The van der Waals surface area contributed by atoms with Crippen LogP contribution in [-0.4, -0.2) is 31.3 Å². The zero-order chi connectivity index (χ0) is 26.0. The Labute approximate surface area is 215 Å². The monoisotopic (exact) mass is 494 g/mol. The third-order valence-corrected chi connectivity index (χ3v) is 5.42. The largest absolute Gasteiger partial charge is 0.493 e. The van der Waals surface area contributed by atoms with Crippen LogP contribution in [-0.2, 0) is 9.59 Å². The highest BCUT2D eigenvalue weighted by Crippen LogP contribution is 2.28. The molecule has 186 valence electrons. The molecule has 0 aliphatic heterocycles. The van der Waals surface area contributed by atoms with Crippen LogP contribution >= 0.6 is 0 Å². The summed E-state index contributed by atoms with van der Waals surface area (Å²) >= 11 is 0. The SMILES string of the molecule is COc1cc(/C=N\NC(=O)[C@H](C)Oc2cccc3ccccc23)ccc1OC(=O)/C=C/c1ccccc1. The number of methoxy groups -OCH3 is 1. The molecule has 1 amide bonds. The van der Waals surface area contributed by atoms with E-state index in [-0.39, 0.29) is 5.75 Å². The quantitative estimate of drug-likeness (QED) is 0.111. The zero-order valence-corrected chi connectivity index (χ0v) is 20.5. The van der Waals surface area contributed by atoms with Crippen molar-refractivity contribution >= 4 is 34.9 Å². The minimum atomic E-state index is -0.761. The van der Waals surface area contributed by atoms with Crippen LogP contribution in [0.4, 0.5) is 0 Å². The highest BCUT2D eigenvalue weighted by Gasteiger charge is 2.15. The number of fused-ring (bicyclic) bond motifs is 1. The topological polar surface area (TPSA) is 86.2 Å². The Bertz CT molecular complexity index is 1440. The standard InChI is InChI=1S/C30H26N2O5/c1-21(36-26-14-8-12-24-11-6-7-13-25(24)26)30(34)32-31-20-23-15-17-27(28(19-23)35-2)37-29(33)18-16-22-9-4-3-5-10-22/h3-21H,1-2H3,(H,32,34)/b18-16+,31-20-/t21-/m0/s1. The van der Waals surface area contributed by atoms with Crippen molar-refractivity contribution in [3.63, 3.8) is 0 Å². The summed E-state index contributed by atoms with van der Waals surface area (Å²) in [5.41, 5.74) is 4.01. The van der Waals surface area contributed by atoms with E-state index in [1.807, 2.05) is 72.8 Å². The minimum absolute atomic E-state index is 0.267. The van der Waals surface area contributed by atoms with Crippen molar-refractivity contribution in [3.8, 4) is 17.2 Å². The van der Waals surface area contributed by atoms with Gasteiger partial charge in [0.2, 0.25) is 0 Å². The summed E-state index contributed by atoms with van der Waals surface area (Å²) in [4.78, 5) is 24.7. The van der Waals surface area contributed by atoms with Gasteiger partial charge >= 0.3 is 5.97 Å². The first-order chi connectivity index (χ1) is 18.0. The van der Waals surface area contributed by atoms with Crippen molar-refractivity contribution in [2.24, 2.45) is 5.10 Å². The van der Waals surface area contributed by atoms with Crippen LogP contribution in [0.1, 0.15) is 18.1 Å². The molecule has 0 aliphatic carbocycles. The van der Waals surface area contributed by atoms with E-state index in [2.05, 4.69) is 10.5 Å². The number of nitrogens with zero attached hydrogens (tertiary/aromatic N) is 1. The second kappa shape index (κ2) is 12.2. The Balaban J connectivity index is 1.34. The molecule has 0 fully saturated rings. The molecule has 0 saturated carbocycles. The third kappa shape index (κ3) is 6.82. The van der Waals surface area contributed by atoms with Crippen molar-refractivity contribution < 1.29 is 23.8 Å². The summed E-state index contributed by atoms with van der Waals surface area (Å²) < 4.78 is 16.6. The second-order valence-corrected chi connectivity index (χ2v) is 8.05.